The van der Waals surface area contributed by atoms with E-state index >= 15 is 0 Å². The normalized spacial score (nSPS) is 9.23. The van der Waals surface area contributed by atoms with Crippen LogP contribution in [-0.4, -0.2) is 11.1 Å². The SMILES string of the molecule is N#Cc1cc(C(=O)O)ccc1CN. The molecule has 1 rings (SSSR count). The third kappa shape index (κ3) is 1.83. The molecular formula is C9H8N2O2. The Hall–Kier alpha value is -1.86. The van der Waals surface area contributed by atoms with Crippen molar-refractivity contribution in [3.63, 3.8) is 0 Å². The van der Waals surface area contributed by atoms with Crippen LogP contribution in [0.2, 0.25) is 0 Å². The molecule has 0 aliphatic heterocycles. The van der Waals surface area contributed by atoms with Gasteiger partial charge in [0.25, 0.3) is 0 Å². The monoisotopic (exact) mass is 176 g/mol. The van der Waals surface area contributed by atoms with Crippen LogP contribution >= 0.6 is 0 Å². The summed E-state index contributed by atoms with van der Waals surface area (Å²) in [6.45, 7) is 0.239. The van der Waals surface area contributed by atoms with Crippen molar-refractivity contribution in [2.75, 3.05) is 0 Å². The summed E-state index contributed by atoms with van der Waals surface area (Å²) in [5.41, 5.74) is 6.44. The van der Waals surface area contributed by atoms with Crippen LogP contribution in [0.1, 0.15) is 21.5 Å². The first-order valence-corrected chi connectivity index (χ1v) is 3.65. The molecule has 13 heavy (non-hydrogen) atoms. The van der Waals surface area contributed by atoms with Crippen LogP contribution < -0.4 is 5.73 Å². The van der Waals surface area contributed by atoms with Crippen molar-refractivity contribution in [2.45, 2.75) is 6.54 Å². The van der Waals surface area contributed by atoms with E-state index in [1.807, 2.05) is 6.07 Å². The summed E-state index contributed by atoms with van der Waals surface area (Å²) in [6, 6.07) is 6.22. The molecule has 4 nitrogen and oxygen atoms in total. The van der Waals surface area contributed by atoms with E-state index < -0.39 is 5.97 Å². The van der Waals surface area contributed by atoms with Crippen molar-refractivity contribution >= 4 is 5.97 Å². The predicted molar refractivity (Wildman–Crippen MR) is 46.0 cm³/mol. The molecule has 0 saturated heterocycles. The maximum absolute atomic E-state index is 10.5. The molecular weight excluding hydrogens is 168 g/mol. The lowest BCUT2D eigenvalue weighted by Crippen LogP contribution is -2.02. The van der Waals surface area contributed by atoms with Crippen molar-refractivity contribution in [3.8, 4) is 6.07 Å². The van der Waals surface area contributed by atoms with Gasteiger partial charge in [0, 0.05) is 6.54 Å². The fourth-order valence-electron chi connectivity index (χ4n) is 0.992. The van der Waals surface area contributed by atoms with Gasteiger partial charge in [-0.15, -0.1) is 0 Å². The highest BCUT2D eigenvalue weighted by molar-refractivity contribution is 5.88. The van der Waals surface area contributed by atoms with Gasteiger partial charge in [-0.05, 0) is 17.7 Å². The molecule has 66 valence electrons. The molecule has 1 aromatic carbocycles. The number of hydrogen-bond donors (Lipinski definition) is 2. The lowest BCUT2D eigenvalue weighted by atomic mass is 10.1. The predicted octanol–water partition coefficient (Wildman–Crippen LogP) is 0.715. The summed E-state index contributed by atoms with van der Waals surface area (Å²) in [7, 11) is 0. The second kappa shape index (κ2) is 3.70. The number of carbonyl (C=O) groups is 1. The number of carboxylic acids is 1. The molecule has 0 spiro atoms. The first-order chi connectivity index (χ1) is 6.19. The average Bonchev–Trinajstić information content (AvgIpc) is 2.16. The molecule has 4 heteroatoms. The minimum atomic E-state index is -1.04. The molecule has 0 aromatic heterocycles. The fourth-order valence-corrected chi connectivity index (χ4v) is 0.992. The van der Waals surface area contributed by atoms with Crippen molar-refractivity contribution < 1.29 is 9.90 Å². The van der Waals surface area contributed by atoms with Gasteiger partial charge in [0.05, 0.1) is 17.2 Å². The summed E-state index contributed by atoms with van der Waals surface area (Å²) in [4.78, 5) is 10.5. The number of benzene rings is 1. The Labute approximate surface area is 75.2 Å². The van der Waals surface area contributed by atoms with E-state index in [0.717, 1.165) is 0 Å². The van der Waals surface area contributed by atoms with E-state index in [1.165, 1.54) is 12.1 Å². The Kier molecular flexibility index (Phi) is 2.62. The smallest absolute Gasteiger partial charge is 0.335 e. The summed E-state index contributed by atoms with van der Waals surface area (Å²) < 4.78 is 0. The number of hydrogen-bond acceptors (Lipinski definition) is 3. The summed E-state index contributed by atoms with van der Waals surface area (Å²) in [5.74, 6) is -1.04. The van der Waals surface area contributed by atoms with Crippen LogP contribution in [0.15, 0.2) is 18.2 Å². The van der Waals surface area contributed by atoms with Crippen LogP contribution in [0.5, 0.6) is 0 Å². The van der Waals surface area contributed by atoms with Crippen LogP contribution in [0.3, 0.4) is 0 Å². The van der Waals surface area contributed by atoms with Crippen LogP contribution in [0.4, 0.5) is 0 Å². The van der Waals surface area contributed by atoms with Crippen LogP contribution in [0, 0.1) is 11.3 Å². The Morgan fingerprint density at radius 3 is 2.77 bits per heavy atom. The molecule has 0 fully saturated rings. The summed E-state index contributed by atoms with van der Waals surface area (Å²) in [6.07, 6.45) is 0. The standard InChI is InChI=1S/C9H8N2O2/c10-4-7-2-1-6(9(12)13)3-8(7)5-11/h1-3H,4,10H2,(H,12,13). The van der Waals surface area contributed by atoms with Crippen molar-refractivity contribution in [3.05, 3.63) is 34.9 Å². The van der Waals surface area contributed by atoms with Gasteiger partial charge in [-0.2, -0.15) is 5.26 Å². The Bertz CT molecular complexity index is 380. The minimum absolute atomic E-state index is 0.105. The fraction of sp³-hybridized carbons (Fsp3) is 0.111. The third-order valence-electron chi connectivity index (χ3n) is 1.70. The molecule has 0 amide bonds. The summed E-state index contributed by atoms with van der Waals surface area (Å²) >= 11 is 0. The van der Waals surface area contributed by atoms with Gasteiger partial charge in [-0.1, -0.05) is 6.07 Å². The van der Waals surface area contributed by atoms with E-state index in [-0.39, 0.29) is 12.1 Å². The highest BCUT2D eigenvalue weighted by Gasteiger charge is 2.06. The van der Waals surface area contributed by atoms with E-state index in [2.05, 4.69) is 0 Å². The number of nitrogens with zero attached hydrogens (tertiary/aromatic N) is 1. The zero-order valence-corrected chi connectivity index (χ0v) is 6.82. The van der Waals surface area contributed by atoms with Gasteiger partial charge in [-0.3, -0.25) is 0 Å². The molecule has 0 saturated carbocycles. The number of nitriles is 1. The second-order valence-electron chi connectivity index (χ2n) is 2.49. The van der Waals surface area contributed by atoms with E-state index in [0.29, 0.717) is 11.1 Å². The quantitative estimate of drug-likeness (QED) is 0.694. The second-order valence-corrected chi connectivity index (χ2v) is 2.49. The topological polar surface area (TPSA) is 87.1 Å². The van der Waals surface area contributed by atoms with Crippen molar-refractivity contribution in [2.24, 2.45) is 5.73 Å². The maximum Gasteiger partial charge on any atom is 0.335 e. The number of aromatic carboxylic acids is 1. The zero-order chi connectivity index (χ0) is 9.84. The van der Waals surface area contributed by atoms with Crippen molar-refractivity contribution in [1.82, 2.24) is 0 Å². The lowest BCUT2D eigenvalue weighted by Gasteiger charge is -2.00. The number of rotatable bonds is 2. The molecule has 0 bridgehead atoms. The zero-order valence-electron chi connectivity index (χ0n) is 6.82. The van der Waals surface area contributed by atoms with E-state index in [4.69, 9.17) is 16.1 Å². The molecule has 3 N–H and O–H groups in total. The summed E-state index contributed by atoms with van der Waals surface area (Å²) in [5, 5.41) is 17.3. The highest BCUT2D eigenvalue weighted by atomic mass is 16.4. The highest BCUT2D eigenvalue weighted by Crippen LogP contribution is 2.10. The molecule has 0 aliphatic rings. The number of carboxylic acid groups (broad SMARTS) is 1. The van der Waals surface area contributed by atoms with Gasteiger partial charge >= 0.3 is 5.97 Å². The van der Waals surface area contributed by atoms with Crippen LogP contribution in [0.25, 0.3) is 0 Å². The molecule has 0 radical (unpaired) electrons. The van der Waals surface area contributed by atoms with Gasteiger partial charge in [0.15, 0.2) is 0 Å². The Balaban J connectivity index is 3.23. The third-order valence-corrected chi connectivity index (χ3v) is 1.70. The average molecular weight is 176 g/mol. The van der Waals surface area contributed by atoms with Gasteiger partial charge in [-0.25, -0.2) is 4.79 Å². The molecule has 0 heterocycles. The van der Waals surface area contributed by atoms with Crippen LogP contribution in [-0.2, 0) is 6.54 Å². The molecule has 0 atom stereocenters. The first kappa shape index (κ1) is 9.23. The van der Waals surface area contributed by atoms with E-state index in [1.54, 1.807) is 6.07 Å². The van der Waals surface area contributed by atoms with Gasteiger partial charge in [0.1, 0.15) is 0 Å². The molecule has 0 aliphatic carbocycles. The first-order valence-electron chi connectivity index (χ1n) is 3.65. The minimum Gasteiger partial charge on any atom is -0.478 e. The Morgan fingerprint density at radius 2 is 2.31 bits per heavy atom. The van der Waals surface area contributed by atoms with Crippen molar-refractivity contribution in [1.29, 1.82) is 5.26 Å². The van der Waals surface area contributed by atoms with E-state index in [9.17, 15) is 4.79 Å². The lowest BCUT2D eigenvalue weighted by molar-refractivity contribution is 0.0697. The van der Waals surface area contributed by atoms with Gasteiger partial charge in [0.2, 0.25) is 0 Å². The maximum atomic E-state index is 10.5. The number of nitrogens with two attached hydrogens (primary N) is 1. The molecule has 0 unspecified atom stereocenters. The Morgan fingerprint density at radius 1 is 1.62 bits per heavy atom. The largest absolute Gasteiger partial charge is 0.478 e. The molecule has 1 aromatic rings. The van der Waals surface area contributed by atoms with Gasteiger partial charge < -0.3 is 10.8 Å².